The number of nitrogens with two attached hydrogens (primary N) is 1. The first-order valence-corrected chi connectivity index (χ1v) is 12.0. The summed E-state index contributed by atoms with van der Waals surface area (Å²) >= 11 is 0. The van der Waals surface area contributed by atoms with Gasteiger partial charge in [-0.2, -0.15) is 4.98 Å². The Hall–Kier alpha value is -2.78. The molecule has 2 aliphatic carbocycles. The molecule has 3 N–H and O–H groups in total. The largest absolute Gasteiger partial charge is 0.473 e. The number of primary sulfonamides is 1. The molecule has 8 nitrogen and oxygen atoms in total. The van der Waals surface area contributed by atoms with Gasteiger partial charge < -0.3 is 10.1 Å². The number of aromatic nitrogens is 3. The Balaban J connectivity index is 1.41. The number of rotatable bonds is 6. The summed E-state index contributed by atoms with van der Waals surface area (Å²) in [7, 11) is -3.72. The van der Waals surface area contributed by atoms with Gasteiger partial charge in [-0.25, -0.2) is 23.5 Å². The third-order valence-electron chi connectivity index (χ3n) is 6.18. The zero-order chi connectivity index (χ0) is 21.8. The minimum absolute atomic E-state index is 0.0807. The van der Waals surface area contributed by atoms with E-state index in [9.17, 15) is 8.42 Å². The van der Waals surface area contributed by atoms with Crippen molar-refractivity contribution in [3.05, 3.63) is 47.7 Å². The highest BCUT2D eigenvalue weighted by Gasteiger charge is 2.47. The van der Waals surface area contributed by atoms with Gasteiger partial charge in [0.25, 0.3) is 0 Å². The van der Waals surface area contributed by atoms with Gasteiger partial charge >= 0.3 is 0 Å². The number of anilines is 1. The molecule has 5 rings (SSSR count). The van der Waals surface area contributed by atoms with E-state index in [4.69, 9.17) is 9.88 Å². The summed E-state index contributed by atoms with van der Waals surface area (Å²) in [4.78, 5) is 14.0. The van der Waals surface area contributed by atoms with E-state index in [1.807, 2.05) is 26.0 Å². The van der Waals surface area contributed by atoms with Crippen LogP contribution in [0.25, 0.3) is 11.0 Å². The molecule has 2 heterocycles. The highest BCUT2D eigenvalue weighted by Crippen LogP contribution is 2.52. The SMILES string of the molecule is Cc1ccc2nc(N[C@H](C)c3ccc(S(N)(=O)=O)cc3)nc(OC3C[C@@H]4C[C@@H]4C3)c2n1. The quantitative estimate of drug-likeness (QED) is 0.604. The maximum absolute atomic E-state index is 11.5. The van der Waals surface area contributed by atoms with E-state index >= 15 is 0 Å². The van der Waals surface area contributed by atoms with Crippen molar-refractivity contribution in [2.75, 3.05) is 5.32 Å². The first kappa shape index (κ1) is 20.1. The molecule has 2 aromatic heterocycles. The molecule has 2 fully saturated rings. The van der Waals surface area contributed by atoms with Crippen molar-refractivity contribution in [2.45, 2.75) is 50.2 Å². The van der Waals surface area contributed by atoms with Crippen molar-refractivity contribution in [1.82, 2.24) is 15.0 Å². The predicted octanol–water partition coefficient (Wildman–Crippen LogP) is 3.33. The van der Waals surface area contributed by atoms with Crippen molar-refractivity contribution in [3.63, 3.8) is 0 Å². The minimum atomic E-state index is -3.72. The van der Waals surface area contributed by atoms with Crippen LogP contribution in [0.1, 0.15) is 43.5 Å². The number of hydrogen-bond acceptors (Lipinski definition) is 7. The normalized spacial score (nSPS) is 23.4. The number of ether oxygens (including phenoxy) is 1. The predicted molar refractivity (Wildman–Crippen MR) is 117 cm³/mol. The van der Waals surface area contributed by atoms with Crippen LogP contribution in [-0.4, -0.2) is 29.5 Å². The number of fused-ring (bicyclic) bond motifs is 2. The lowest BCUT2D eigenvalue weighted by atomic mass is 10.1. The van der Waals surface area contributed by atoms with Gasteiger partial charge in [-0.1, -0.05) is 12.1 Å². The minimum Gasteiger partial charge on any atom is -0.473 e. The highest BCUT2D eigenvalue weighted by molar-refractivity contribution is 7.89. The average Bonchev–Trinajstić information content (AvgIpc) is 3.33. The summed E-state index contributed by atoms with van der Waals surface area (Å²) in [6.07, 6.45) is 3.67. The number of pyridine rings is 1. The van der Waals surface area contributed by atoms with Gasteiger partial charge in [0.15, 0.2) is 5.52 Å². The van der Waals surface area contributed by atoms with Crippen LogP contribution in [0.4, 0.5) is 5.95 Å². The molecule has 31 heavy (non-hydrogen) atoms. The van der Waals surface area contributed by atoms with Crippen LogP contribution in [0.5, 0.6) is 5.88 Å². The Labute approximate surface area is 181 Å². The molecule has 9 heteroatoms. The maximum atomic E-state index is 11.5. The van der Waals surface area contributed by atoms with E-state index < -0.39 is 10.0 Å². The lowest BCUT2D eigenvalue weighted by Crippen LogP contribution is -2.17. The molecule has 1 aromatic carbocycles. The van der Waals surface area contributed by atoms with Gasteiger partial charge in [-0.05, 0) is 74.8 Å². The number of hydrogen-bond donors (Lipinski definition) is 2. The number of nitrogens with one attached hydrogen (secondary N) is 1. The standard InChI is InChI=1S/C22H25N5O3S/c1-12-3-8-19-20(24-12)21(30-17-10-15-9-16(15)11-17)27-22(26-19)25-13(2)14-4-6-18(7-5-14)31(23,28)29/h3-8,13,15-17H,9-11H2,1-2H3,(H2,23,28,29)(H,25,26,27)/t13-,15-,16+,17?/m1/s1. The summed E-state index contributed by atoms with van der Waals surface area (Å²) in [6, 6.07) is 10.1. The second-order valence-electron chi connectivity index (χ2n) is 8.62. The fraction of sp³-hybridized carbons (Fsp3) is 0.409. The van der Waals surface area contributed by atoms with E-state index in [1.54, 1.807) is 12.1 Å². The average molecular weight is 440 g/mol. The van der Waals surface area contributed by atoms with Crippen LogP contribution >= 0.6 is 0 Å². The Morgan fingerprint density at radius 2 is 1.74 bits per heavy atom. The summed E-state index contributed by atoms with van der Waals surface area (Å²) in [5, 5.41) is 8.48. The fourth-order valence-corrected chi connectivity index (χ4v) is 4.88. The molecule has 0 amide bonds. The number of aryl methyl sites for hydroxylation is 1. The van der Waals surface area contributed by atoms with Gasteiger partial charge in [0.05, 0.1) is 16.5 Å². The summed E-state index contributed by atoms with van der Waals surface area (Å²) in [5.74, 6) is 2.58. The van der Waals surface area contributed by atoms with Gasteiger partial charge in [0, 0.05) is 5.69 Å². The number of benzene rings is 1. The van der Waals surface area contributed by atoms with Crippen LogP contribution in [0.2, 0.25) is 0 Å². The molecular weight excluding hydrogens is 414 g/mol. The highest BCUT2D eigenvalue weighted by atomic mass is 32.2. The molecule has 0 saturated heterocycles. The first-order chi connectivity index (χ1) is 14.8. The molecule has 2 aliphatic rings. The molecular formula is C22H25N5O3S. The molecule has 4 atom stereocenters. The lowest BCUT2D eigenvalue weighted by molar-refractivity contribution is 0.189. The number of nitrogens with zero attached hydrogens (tertiary/aromatic N) is 3. The lowest BCUT2D eigenvalue weighted by Gasteiger charge is -2.18. The third-order valence-corrected chi connectivity index (χ3v) is 7.11. The Bertz CT molecular complexity index is 1240. The van der Waals surface area contributed by atoms with Gasteiger partial charge in [-0.15, -0.1) is 0 Å². The van der Waals surface area contributed by atoms with E-state index in [1.165, 1.54) is 18.6 Å². The van der Waals surface area contributed by atoms with Crippen molar-refractivity contribution < 1.29 is 13.2 Å². The van der Waals surface area contributed by atoms with Crippen LogP contribution < -0.4 is 15.2 Å². The summed E-state index contributed by atoms with van der Waals surface area (Å²) in [6.45, 7) is 3.89. The molecule has 0 aliphatic heterocycles. The van der Waals surface area contributed by atoms with Crippen molar-refractivity contribution >= 4 is 27.0 Å². The second kappa shape index (κ2) is 7.42. The molecule has 0 radical (unpaired) electrons. The summed E-state index contributed by atoms with van der Waals surface area (Å²) in [5.41, 5.74) is 3.17. The zero-order valence-electron chi connectivity index (χ0n) is 17.4. The molecule has 1 unspecified atom stereocenters. The van der Waals surface area contributed by atoms with Crippen LogP contribution in [-0.2, 0) is 10.0 Å². The van der Waals surface area contributed by atoms with Crippen LogP contribution in [0.3, 0.4) is 0 Å². The Morgan fingerprint density at radius 1 is 1.03 bits per heavy atom. The van der Waals surface area contributed by atoms with Gasteiger partial charge in [0.1, 0.15) is 6.10 Å². The molecule has 2 saturated carbocycles. The van der Waals surface area contributed by atoms with Crippen LogP contribution in [0, 0.1) is 18.8 Å². The van der Waals surface area contributed by atoms with E-state index in [0.717, 1.165) is 41.5 Å². The second-order valence-corrected chi connectivity index (χ2v) is 10.2. The van der Waals surface area contributed by atoms with Gasteiger partial charge in [-0.3, -0.25) is 0 Å². The van der Waals surface area contributed by atoms with Crippen molar-refractivity contribution in [1.29, 1.82) is 0 Å². The number of sulfonamides is 1. The molecule has 0 spiro atoms. The van der Waals surface area contributed by atoms with Gasteiger partial charge in [0.2, 0.25) is 21.9 Å². The fourth-order valence-electron chi connectivity index (χ4n) is 4.37. The van der Waals surface area contributed by atoms with E-state index in [0.29, 0.717) is 17.3 Å². The third kappa shape index (κ3) is 4.20. The smallest absolute Gasteiger partial charge is 0.245 e. The van der Waals surface area contributed by atoms with Crippen molar-refractivity contribution in [2.24, 2.45) is 17.0 Å². The molecule has 0 bridgehead atoms. The molecule has 3 aromatic rings. The van der Waals surface area contributed by atoms with E-state index in [2.05, 4.69) is 20.3 Å². The topological polar surface area (TPSA) is 120 Å². The first-order valence-electron chi connectivity index (χ1n) is 10.5. The zero-order valence-corrected chi connectivity index (χ0v) is 18.3. The van der Waals surface area contributed by atoms with Crippen molar-refractivity contribution in [3.8, 4) is 5.88 Å². The Morgan fingerprint density at radius 3 is 2.42 bits per heavy atom. The van der Waals surface area contributed by atoms with E-state index in [-0.39, 0.29) is 17.0 Å². The Kier molecular flexibility index (Phi) is 4.82. The summed E-state index contributed by atoms with van der Waals surface area (Å²) < 4.78 is 29.2. The monoisotopic (exact) mass is 439 g/mol. The van der Waals surface area contributed by atoms with Crippen LogP contribution in [0.15, 0.2) is 41.3 Å². The maximum Gasteiger partial charge on any atom is 0.245 e. The molecule has 162 valence electrons.